The first kappa shape index (κ1) is 20.9. The van der Waals surface area contributed by atoms with Crippen LogP contribution in [0.5, 0.6) is 5.88 Å². The molecule has 8 heteroatoms. The minimum atomic E-state index is -0.312. The van der Waals surface area contributed by atoms with Gasteiger partial charge in [0.2, 0.25) is 5.88 Å². The summed E-state index contributed by atoms with van der Waals surface area (Å²) in [5.41, 5.74) is 6.63. The number of pyridine rings is 1. The SMILES string of the molecule is COc1ccc(C(Nc2cc(-c3ccc4ccn(C)c4c3)c3nccnc3c2)c2cnco2)cn1. The Labute approximate surface area is 201 Å². The van der Waals surface area contributed by atoms with Crippen LogP contribution in [0.1, 0.15) is 17.4 Å². The molecule has 4 aromatic heterocycles. The van der Waals surface area contributed by atoms with Gasteiger partial charge in [0.1, 0.15) is 6.04 Å². The highest BCUT2D eigenvalue weighted by Crippen LogP contribution is 2.34. The van der Waals surface area contributed by atoms with Gasteiger partial charge in [-0.25, -0.2) is 9.97 Å². The fourth-order valence-corrected chi connectivity index (χ4v) is 4.34. The quantitative estimate of drug-likeness (QED) is 0.355. The van der Waals surface area contributed by atoms with Gasteiger partial charge >= 0.3 is 0 Å². The van der Waals surface area contributed by atoms with Crippen molar-refractivity contribution >= 4 is 27.6 Å². The zero-order chi connectivity index (χ0) is 23.8. The lowest BCUT2D eigenvalue weighted by Gasteiger charge is -2.19. The molecule has 0 fully saturated rings. The zero-order valence-corrected chi connectivity index (χ0v) is 19.2. The van der Waals surface area contributed by atoms with Crippen LogP contribution in [0, 0.1) is 0 Å². The minimum absolute atomic E-state index is 0.312. The van der Waals surface area contributed by atoms with Gasteiger partial charge in [-0.15, -0.1) is 0 Å². The van der Waals surface area contributed by atoms with E-state index in [2.05, 4.69) is 66.3 Å². The summed E-state index contributed by atoms with van der Waals surface area (Å²) in [6, 6.07) is 16.1. The molecule has 6 rings (SSSR count). The molecule has 0 radical (unpaired) electrons. The van der Waals surface area contributed by atoms with Crippen molar-refractivity contribution < 1.29 is 9.15 Å². The van der Waals surface area contributed by atoms with E-state index >= 15 is 0 Å². The minimum Gasteiger partial charge on any atom is -0.481 e. The smallest absolute Gasteiger partial charge is 0.212 e. The van der Waals surface area contributed by atoms with E-state index in [1.165, 1.54) is 11.8 Å². The van der Waals surface area contributed by atoms with Gasteiger partial charge in [-0.3, -0.25) is 9.97 Å². The number of anilines is 1. The van der Waals surface area contributed by atoms with Crippen LogP contribution in [0.15, 0.2) is 90.3 Å². The summed E-state index contributed by atoms with van der Waals surface area (Å²) >= 11 is 0. The highest BCUT2D eigenvalue weighted by molar-refractivity contribution is 5.97. The second-order valence-corrected chi connectivity index (χ2v) is 8.26. The number of benzene rings is 2. The Morgan fingerprint density at radius 1 is 0.971 bits per heavy atom. The van der Waals surface area contributed by atoms with Crippen molar-refractivity contribution in [1.82, 2.24) is 24.5 Å². The third-order valence-electron chi connectivity index (χ3n) is 6.12. The Kier molecular flexibility index (Phi) is 5.11. The lowest BCUT2D eigenvalue weighted by atomic mass is 10.0. The van der Waals surface area contributed by atoms with Crippen molar-refractivity contribution in [2.45, 2.75) is 6.04 Å². The summed E-state index contributed by atoms with van der Waals surface area (Å²) in [5, 5.41) is 4.79. The third kappa shape index (κ3) is 3.85. The lowest BCUT2D eigenvalue weighted by molar-refractivity contribution is 0.397. The average molecular weight is 463 g/mol. The molecule has 0 saturated heterocycles. The first-order valence-corrected chi connectivity index (χ1v) is 11.1. The van der Waals surface area contributed by atoms with Gasteiger partial charge in [0.05, 0.1) is 24.3 Å². The topological polar surface area (TPSA) is 90.9 Å². The van der Waals surface area contributed by atoms with Crippen molar-refractivity contribution in [2.24, 2.45) is 7.05 Å². The molecule has 0 bridgehead atoms. The highest BCUT2D eigenvalue weighted by atomic mass is 16.5. The molecule has 0 amide bonds. The van der Waals surface area contributed by atoms with Crippen LogP contribution in [0.25, 0.3) is 33.1 Å². The van der Waals surface area contributed by atoms with Gasteiger partial charge in [0.15, 0.2) is 12.2 Å². The van der Waals surface area contributed by atoms with Gasteiger partial charge in [-0.1, -0.05) is 12.1 Å². The predicted molar refractivity (Wildman–Crippen MR) is 134 cm³/mol. The number of fused-ring (bicyclic) bond motifs is 2. The molecular formula is C27H22N6O2. The molecule has 35 heavy (non-hydrogen) atoms. The molecule has 0 aliphatic heterocycles. The molecular weight excluding hydrogens is 440 g/mol. The fourth-order valence-electron chi connectivity index (χ4n) is 4.34. The maximum atomic E-state index is 5.67. The molecule has 0 spiro atoms. The van der Waals surface area contributed by atoms with Crippen LogP contribution in [0.3, 0.4) is 0 Å². The molecule has 1 N–H and O–H groups in total. The zero-order valence-electron chi connectivity index (χ0n) is 19.2. The van der Waals surface area contributed by atoms with Gasteiger partial charge in [0, 0.05) is 60.2 Å². The Bertz CT molecular complexity index is 1620. The van der Waals surface area contributed by atoms with Crippen LogP contribution in [0.4, 0.5) is 5.69 Å². The number of oxazole rings is 1. The van der Waals surface area contributed by atoms with Crippen molar-refractivity contribution in [1.29, 1.82) is 0 Å². The summed E-state index contributed by atoms with van der Waals surface area (Å²) in [6.45, 7) is 0. The number of nitrogens with zero attached hydrogens (tertiary/aromatic N) is 5. The molecule has 4 heterocycles. The molecule has 1 atom stereocenters. The summed E-state index contributed by atoms with van der Waals surface area (Å²) in [4.78, 5) is 17.7. The first-order valence-electron chi connectivity index (χ1n) is 11.1. The number of aryl methyl sites for hydroxylation is 1. The molecule has 0 saturated carbocycles. The Morgan fingerprint density at radius 3 is 2.69 bits per heavy atom. The largest absolute Gasteiger partial charge is 0.481 e. The maximum absolute atomic E-state index is 5.67. The molecule has 172 valence electrons. The highest BCUT2D eigenvalue weighted by Gasteiger charge is 2.20. The number of rotatable bonds is 6. The summed E-state index contributed by atoms with van der Waals surface area (Å²) in [5.74, 6) is 1.22. The first-order chi connectivity index (χ1) is 17.2. The van der Waals surface area contributed by atoms with E-state index in [1.807, 2.05) is 25.2 Å². The normalized spacial score (nSPS) is 12.2. The van der Waals surface area contributed by atoms with Crippen LogP contribution in [0.2, 0.25) is 0 Å². The molecule has 0 aliphatic rings. The average Bonchev–Trinajstić information content (AvgIpc) is 3.57. The second-order valence-electron chi connectivity index (χ2n) is 8.26. The maximum Gasteiger partial charge on any atom is 0.212 e. The van der Waals surface area contributed by atoms with Gasteiger partial charge in [0.25, 0.3) is 0 Å². The monoisotopic (exact) mass is 462 g/mol. The van der Waals surface area contributed by atoms with E-state index in [0.717, 1.165) is 38.9 Å². The van der Waals surface area contributed by atoms with E-state index in [1.54, 1.807) is 31.9 Å². The van der Waals surface area contributed by atoms with Crippen molar-refractivity contribution in [3.63, 3.8) is 0 Å². The third-order valence-corrected chi connectivity index (χ3v) is 6.12. The van der Waals surface area contributed by atoms with Crippen LogP contribution in [-0.4, -0.2) is 31.6 Å². The number of ether oxygens (including phenoxy) is 1. The fraction of sp³-hybridized carbons (Fsp3) is 0.111. The molecule has 1 unspecified atom stereocenters. The predicted octanol–water partition coefficient (Wildman–Crippen LogP) is 5.38. The molecule has 0 aliphatic carbocycles. The van der Waals surface area contributed by atoms with Crippen molar-refractivity contribution in [2.75, 3.05) is 12.4 Å². The Morgan fingerprint density at radius 2 is 1.89 bits per heavy atom. The number of aromatic nitrogens is 5. The van der Waals surface area contributed by atoms with E-state index in [9.17, 15) is 0 Å². The van der Waals surface area contributed by atoms with E-state index < -0.39 is 0 Å². The van der Waals surface area contributed by atoms with E-state index in [0.29, 0.717) is 11.6 Å². The molecule has 8 nitrogen and oxygen atoms in total. The summed E-state index contributed by atoms with van der Waals surface area (Å²) < 4.78 is 13.0. The Hall–Kier alpha value is -4.72. The Balaban J connectivity index is 1.47. The number of hydrogen-bond donors (Lipinski definition) is 1. The van der Waals surface area contributed by atoms with E-state index in [-0.39, 0.29) is 6.04 Å². The van der Waals surface area contributed by atoms with Crippen molar-refractivity contribution in [3.05, 3.63) is 97.2 Å². The van der Waals surface area contributed by atoms with Gasteiger partial charge < -0.3 is 19.0 Å². The van der Waals surface area contributed by atoms with Crippen LogP contribution < -0.4 is 10.1 Å². The standard InChI is InChI=1S/C27H22N6O2/c1-33-10-7-17-3-4-18(11-23(17)33)21-12-20(13-22-27(21)30-9-8-29-22)32-26(24-15-28-16-35-24)19-5-6-25(34-2)31-14-19/h3-16,26,32H,1-2H3. The van der Waals surface area contributed by atoms with Crippen LogP contribution in [-0.2, 0) is 7.05 Å². The molecule has 6 aromatic rings. The van der Waals surface area contributed by atoms with Crippen LogP contribution >= 0.6 is 0 Å². The number of nitrogens with one attached hydrogen (secondary N) is 1. The summed E-state index contributed by atoms with van der Waals surface area (Å²) in [6.07, 6.45) is 10.4. The van der Waals surface area contributed by atoms with Crippen molar-refractivity contribution in [3.8, 4) is 17.0 Å². The van der Waals surface area contributed by atoms with Gasteiger partial charge in [-0.05, 0) is 41.3 Å². The second kappa shape index (κ2) is 8.57. The van der Waals surface area contributed by atoms with E-state index in [4.69, 9.17) is 9.15 Å². The summed E-state index contributed by atoms with van der Waals surface area (Å²) in [7, 11) is 3.64. The lowest BCUT2D eigenvalue weighted by Crippen LogP contribution is -2.12. The number of methoxy groups -OCH3 is 1. The van der Waals surface area contributed by atoms with Gasteiger partial charge in [-0.2, -0.15) is 0 Å². The molecule has 2 aromatic carbocycles. The number of hydrogen-bond acceptors (Lipinski definition) is 7.